The quantitative estimate of drug-likeness (QED) is 0.823. The zero-order valence-corrected chi connectivity index (χ0v) is 16.3. The van der Waals surface area contributed by atoms with E-state index < -0.39 is 0 Å². The first-order valence-electron chi connectivity index (χ1n) is 9.77. The number of piperidine rings is 1. The van der Waals surface area contributed by atoms with E-state index in [1.54, 1.807) is 0 Å². The predicted molar refractivity (Wildman–Crippen MR) is 106 cm³/mol. The molecule has 0 saturated carbocycles. The van der Waals surface area contributed by atoms with Crippen LogP contribution in [0, 0.1) is 12.8 Å². The second kappa shape index (κ2) is 10.2. The van der Waals surface area contributed by atoms with E-state index >= 15 is 0 Å². The van der Waals surface area contributed by atoms with Crippen molar-refractivity contribution in [1.82, 2.24) is 10.2 Å². The molecule has 0 aliphatic carbocycles. The maximum absolute atomic E-state index is 12.4. The molecule has 0 bridgehead atoms. The van der Waals surface area contributed by atoms with Crippen LogP contribution in [0.5, 0.6) is 0 Å². The predicted octanol–water partition coefficient (Wildman–Crippen LogP) is 4.12. The van der Waals surface area contributed by atoms with Gasteiger partial charge in [0, 0.05) is 25.6 Å². The minimum atomic E-state index is 0. The second-order valence-corrected chi connectivity index (χ2v) is 7.68. The van der Waals surface area contributed by atoms with Crippen LogP contribution in [0.3, 0.4) is 0 Å². The van der Waals surface area contributed by atoms with Crippen molar-refractivity contribution in [2.75, 3.05) is 19.6 Å². The highest BCUT2D eigenvalue weighted by Crippen LogP contribution is 2.23. The number of halogens is 1. The smallest absolute Gasteiger partial charge is 0.222 e. The Morgan fingerprint density at radius 3 is 2.48 bits per heavy atom. The molecule has 2 saturated heterocycles. The fourth-order valence-corrected chi connectivity index (χ4v) is 4.06. The summed E-state index contributed by atoms with van der Waals surface area (Å²) in [5.41, 5.74) is 2.78. The Balaban J connectivity index is 0.00000225. The van der Waals surface area contributed by atoms with Crippen molar-refractivity contribution in [2.24, 2.45) is 5.92 Å². The monoisotopic (exact) mass is 364 g/mol. The summed E-state index contributed by atoms with van der Waals surface area (Å²) < 4.78 is 0. The van der Waals surface area contributed by atoms with Gasteiger partial charge in [0.25, 0.3) is 0 Å². The highest BCUT2D eigenvalue weighted by Gasteiger charge is 2.23. The number of rotatable bonds is 6. The molecule has 2 aliphatic heterocycles. The number of benzene rings is 1. The molecule has 2 heterocycles. The lowest BCUT2D eigenvalue weighted by Gasteiger charge is -2.32. The number of amides is 1. The third kappa shape index (κ3) is 6.31. The minimum Gasteiger partial charge on any atom is -0.343 e. The van der Waals surface area contributed by atoms with Gasteiger partial charge in [-0.3, -0.25) is 4.79 Å². The van der Waals surface area contributed by atoms with Crippen molar-refractivity contribution in [3.8, 4) is 0 Å². The molecule has 4 heteroatoms. The van der Waals surface area contributed by atoms with Gasteiger partial charge in [0.1, 0.15) is 0 Å². The largest absolute Gasteiger partial charge is 0.343 e. The van der Waals surface area contributed by atoms with E-state index in [-0.39, 0.29) is 12.4 Å². The Morgan fingerprint density at radius 2 is 1.84 bits per heavy atom. The van der Waals surface area contributed by atoms with Crippen LogP contribution in [-0.4, -0.2) is 36.5 Å². The van der Waals surface area contributed by atoms with Crippen LogP contribution in [0.1, 0.15) is 56.1 Å². The molecule has 1 atom stereocenters. The highest BCUT2D eigenvalue weighted by molar-refractivity contribution is 5.85. The molecule has 1 unspecified atom stereocenters. The number of nitrogens with zero attached hydrogens (tertiary/aromatic N) is 1. The molecular weight excluding hydrogens is 332 g/mol. The summed E-state index contributed by atoms with van der Waals surface area (Å²) in [7, 11) is 0. The third-order valence-electron chi connectivity index (χ3n) is 5.80. The molecule has 3 rings (SSSR count). The number of carbonyl (C=O) groups excluding carboxylic acids is 1. The Morgan fingerprint density at radius 1 is 1.12 bits per heavy atom. The molecule has 2 fully saturated rings. The van der Waals surface area contributed by atoms with Crippen molar-refractivity contribution >= 4 is 18.3 Å². The molecule has 1 N–H and O–H groups in total. The first-order valence-corrected chi connectivity index (χ1v) is 9.77. The van der Waals surface area contributed by atoms with Gasteiger partial charge in [-0.05, 0) is 69.9 Å². The average Bonchev–Trinajstić information content (AvgIpc) is 3.13. The third-order valence-corrected chi connectivity index (χ3v) is 5.80. The van der Waals surface area contributed by atoms with Crippen LogP contribution < -0.4 is 5.32 Å². The summed E-state index contributed by atoms with van der Waals surface area (Å²) >= 11 is 0. The standard InChI is InChI=1S/C21H32N2O.ClH/c1-17-4-6-18(7-5-17)8-9-19-12-15-23(16-13-19)21(24)11-10-20-3-2-14-22-20;/h4-7,19-20,22H,2-3,8-16H2,1H3;1H. The van der Waals surface area contributed by atoms with Gasteiger partial charge in [0.05, 0.1) is 0 Å². The summed E-state index contributed by atoms with van der Waals surface area (Å²) in [6.07, 6.45) is 9.05. The van der Waals surface area contributed by atoms with Crippen LogP contribution in [0.4, 0.5) is 0 Å². The number of nitrogens with one attached hydrogen (secondary N) is 1. The number of hydrogen-bond donors (Lipinski definition) is 1. The lowest BCUT2D eigenvalue weighted by molar-refractivity contribution is -0.132. The van der Waals surface area contributed by atoms with Crippen molar-refractivity contribution in [3.63, 3.8) is 0 Å². The molecule has 2 aliphatic rings. The summed E-state index contributed by atoms with van der Waals surface area (Å²) in [5.74, 6) is 1.16. The van der Waals surface area contributed by atoms with Gasteiger partial charge >= 0.3 is 0 Å². The maximum atomic E-state index is 12.4. The topological polar surface area (TPSA) is 32.3 Å². The summed E-state index contributed by atoms with van der Waals surface area (Å²) in [5, 5.41) is 3.49. The summed E-state index contributed by atoms with van der Waals surface area (Å²) in [4.78, 5) is 14.5. The van der Waals surface area contributed by atoms with E-state index in [1.807, 2.05) is 0 Å². The lowest BCUT2D eigenvalue weighted by atomic mass is 9.90. The zero-order valence-electron chi connectivity index (χ0n) is 15.5. The van der Waals surface area contributed by atoms with Crippen molar-refractivity contribution in [1.29, 1.82) is 0 Å². The first-order chi connectivity index (χ1) is 11.7. The van der Waals surface area contributed by atoms with Gasteiger partial charge in [-0.25, -0.2) is 0 Å². The van der Waals surface area contributed by atoms with Crippen LogP contribution in [0.2, 0.25) is 0 Å². The Hall–Kier alpha value is -1.06. The van der Waals surface area contributed by atoms with E-state index in [1.165, 1.54) is 49.7 Å². The van der Waals surface area contributed by atoms with Crippen molar-refractivity contribution in [3.05, 3.63) is 35.4 Å². The average molecular weight is 365 g/mol. The van der Waals surface area contributed by atoms with Gasteiger partial charge < -0.3 is 10.2 Å². The Kier molecular flexibility index (Phi) is 8.25. The normalized spacial score (nSPS) is 21.2. The van der Waals surface area contributed by atoms with E-state index in [9.17, 15) is 4.79 Å². The Bertz CT molecular complexity index is 517. The van der Waals surface area contributed by atoms with E-state index in [0.29, 0.717) is 11.9 Å². The zero-order chi connectivity index (χ0) is 16.8. The molecule has 1 amide bonds. The fraction of sp³-hybridized carbons (Fsp3) is 0.667. The fourth-order valence-electron chi connectivity index (χ4n) is 4.06. The van der Waals surface area contributed by atoms with Crippen LogP contribution in [-0.2, 0) is 11.2 Å². The SMILES string of the molecule is Cc1ccc(CCC2CCN(C(=O)CCC3CCCN3)CC2)cc1.Cl. The molecule has 25 heavy (non-hydrogen) atoms. The summed E-state index contributed by atoms with van der Waals surface area (Å²) in [6, 6.07) is 9.50. The molecule has 140 valence electrons. The molecule has 0 spiro atoms. The number of hydrogen-bond acceptors (Lipinski definition) is 2. The van der Waals surface area contributed by atoms with Gasteiger partial charge in [-0.2, -0.15) is 0 Å². The van der Waals surface area contributed by atoms with Gasteiger partial charge in [-0.15, -0.1) is 12.4 Å². The van der Waals surface area contributed by atoms with E-state index in [2.05, 4.69) is 41.4 Å². The van der Waals surface area contributed by atoms with Gasteiger partial charge in [0.15, 0.2) is 0 Å². The molecule has 0 radical (unpaired) electrons. The first kappa shape index (κ1) is 20.3. The van der Waals surface area contributed by atoms with Crippen LogP contribution in [0.15, 0.2) is 24.3 Å². The molecule has 1 aromatic carbocycles. The highest BCUT2D eigenvalue weighted by atomic mass is 35.5. The molecule has 1 aromatic rings. The van der Waals surface area contributed by atoms with E-state index in [4.69, 9.17) is 0 Å². The lowest BCUT2D eigenvalue weighted by Crippen LogP contribution is -2.39. The van der Waals surface area contributed by atoms with E-state index in [0.717, 1.165) is 38.4 Å². The van der Waals surface area contributed by atoms with Gasteiger partial charge in [-0.1, -0.05) is 29.8 Å². The molecular formula is C21H33ClN2O. The maximum Gasteiger partial charge on any atom is 0.222 e. The Labute approximate surface area is 159 Å². The minimum absolute atomic E-state index is 0. The number of likely N-dealkylation sites (tertiary alicyclic amines) is 1. The number of carbonyl (C=O) groups is 1. The van der Waals surface area contributed by atoms with Crippen LogP contribution >= 0.6 is 12.4 Å². The molecule has 0 aromatic heterocycles. The summed E-state index contributed by atoms with van der Waals surface area (Å²) in [6.45, 7) is 5.20. The van der Waals surface area contributed by atoms with Crippen molar-refractivity contribution < 1.29 is 4.79 Å². The van der Waals surface area contributed by atoms with Crippen LogP contribution in [0.25, 0.3) is 0 Å². The van der Waals surface area contributed by atoms with Crippen molar-refractivity contribution in [2.45, 2.75) is 64.3 Å². The van der Waals surface area contributed by atoms with Gasteiger partial charge in [0.2, 0.25) is 5.91 Å². The molecule has 3 nitrogen and oxygen atoms in total. The number of aryl methyl sites for hydroxylation is 2. The second-order valence-electron chi connectivity index (χ2n) is 7.68.